The first-order valence-electron chi connectivity index (χ1n) is 9.01. The first kappa shape index (κ1) is 19.7. The molecule has 0 spiro atoms. The minimum atomic E-state index is -0.480. The third kappa shape index (κ3) is 6.33. The summed E-state index contributed by atoms with van der Waals surface area (Å²) in [5.74, 6) is 0. The fourth-order valence-electron chi connectivity index (χ4n) is 2.97. The van der Waals surface area contributed by atoms with Gasteiger partial charge in [-0.2, -0.15) is 0 Å². The molecule has 1 heterocycles. The summed E-state index contributed by atoms with van der Waals surface area (Å²) >= 11 is 0. The summed E-state index contributed by atoms with van der Waals surface area (Å²) in [4.78, 5) is 14.1. The quantitative estimate of drug-likeness (QED) is 0.750. The van der Waals surface area contributed by atoms with E-state index in [-0.39, 0.29) is 11.5 Å². The first-order chi connectivity index (χ1) is 11.8. The van der Waals surface area contributed by atoms with Gasteiger partial charge in [-0.1, -0.05) is 30.3 Å². The van der Waals surface area contributed by atoms with Crippen molar-refractivity contribution in [1.29, 1.82) is 0 Å². The Kier molecular flexibility index (Phi) is 6.85. The van der Waals surface area contributed by atoms with Gasteiger partial charge in [0.2, 0.25) is 0 Å². The molecule has 1 atom stereocenters. The van der Waals surface area contributed by atoms with E-state index in [1.165, 1.54) is 0 Å². The van der Waals surface area contributed by atoms with E-state index in [0.29, 0.717) is 39.5 Å². The number of benzene rings is 1. The molecule has 2 rings (SSSR count). The van der Waals surface area contributed by atoms with E-state index in [0.717, 1.165) is 12.0 Å². The summed E-state index contributed by atoms with van der Waals surface area (Å²) in [5, 5.41) is 0. The lowest BCUT2D eigenvalue weighted by atomic mass is 9.89. The number of hydrogen-bond acceptors (Lipinski definition) is 4. The van der Waals surface area contributed by atoms with E-state index in [9.17, 15) is 4.79 Å². The first-order valence-corrected chi connectivity index (χ1v) is 9.01. The SMILES string of the molecule is CCOC[C@]1(COCc2ccccc2)CCN(C(=O)OC(C)(C)C)C1. The molecule has 1 aromatic carbocycles. The molecule has 0 radical (unpaired) electrons. The van der Waals surface area contributed by atoms with Gasteiger partial charge in [0.25, 0.3) is 0 Å². The molecule has 5 nitrogen and oxygen atoms in total. The van der Waals surface area contributed by atoms with Gasteiger partial charge in [-0.3, -0.25) is 0 Å². The van der Waals surface area contributed by atoms with Crippen LogP contribution in [-0.2, 0) is 20.8 Å². The number of hydrogen-bond donors (Lipinski definition) is 0. The Hall–Kier alpha value is -1.59. The Bertz CT molecular complexity index is 540. The molecule has 0 bridgehead atoms. The van der Waals surface area contributed by atoms with Crippen LogP contribution in [0.25, 0.3) is 0 Å². The zero-order chi connectivity index (χ0) is 18.3. The number of rotatable bonds is 7. The zero-order valence-corrected chi connectivity index (χ0v) is 15.9. The minimum Gasteiger partial charge on any atom is -0.444 e. The molecule has 0 aliphatic carbocycles. The average Bonchev–Trinajstić information content (AvgIpc) is 2.97. The fourth-order valence-corrected chi connectivity index (χ4v) is 2.97. The predicted molar refractivity (Wildman–Crippen MR) is 97.4 cm³/mol. The standard InChI is InChI=1S/C20H31NO4/c1-5-23-15-20(16-24-13-17-9-7-6-8-10-17)11-12-21(14-20)18(22)25-19(2,3)4/h6-10H,5,11-16H2,1-4H3/t20-/m0/s1. The smallest absolute Gasteiger partial charge is 0.410 e. The summed E-state index contributed by atoms with van der Waals surface area (Å²) in [7, 11) is 0. The fraction of sp³-hybridized carbons (Fsp3) is 0.650. The van der Waals surface area contributed by atoms with Gasteiger partial charge in [0.1, 0.15) is 5.60 Å². The maximum atomic E-state index is 12.3. The topological polar surface area (TPSA) is 48.0 Å². The van der Waals surface area contributed by atoms with Crippen LogP contribution in [0.1, 0.15) is 39.7 Å². The number of nitrogens with zero attached hydrogens (tertiary/aromatic N) is 1. The van der Waals surface area contributed by atoms with E-state index in [1.54, 1.807) is 4.90 Å². The van der Waals surface area contributed by atoms with E-state index in [1.807, 2.05) is 45.9 Å². The molecule has 1 amide bonds. The van der Waals surface area contributed by atoms with Crippen LogP contribution in [0, 0.1) is 5.41 Å². The second-order valence-corrected chi connectivity index (χ2v) is 7.77. The monoisotopic (exact) mass is 349 g/mol. The van der Waals surface area contributed by atoms with Crippen molar-refractivity contribution >= 4 is 6.09 Å². The number of amides is 1. The second kappa shape index (κ2) is 8.68. The molecule has 1 aliphatic heterocycles. The van der Waals surface area contributed by atoms with Crippen molar-refractivity contribution in [3.8, 4) is 0 Å². The number of likely N-dealkylation sites (tertiary alicyclic amines) is 1. The Morgan fingerprint density at radius 1 is 1.16 bits per heavy atom. The van der Waals surface area contributed by atoms with Crippen LogP contribution in [-0.4, -0.2) is 49.5 Å². The highest BCUT2D eigenvalue weighted by atomic mass is 16.6. The molecule has 1 aliphatic rings. The molecule has 0 N–H and O–H groups in total. The molecule has 0 saturated carbocycles. The van der Waals surface area contributed by atoms with Gasteiger partial charge in [0.15, 0.2) is 0 Å². The molecule has 1 aromatic rings. The Morgan fingerprint density at radius 3 is 2.48 bits per heavy atom. The summed E-state index contributed by atoms with van der Waals surface area (Å²) in [6.45, 7) is 11.3. The van der Waals surface area contributed by atoms with Crippen LogP contribution in [0.5, 0.6) is 0 Å². The van der Waals surface area contributed by atoms with Crippen LogP contribution in [0.15, 0.2) is 30.3 Å². The molecule has 1 saturated heterocycles. The van der Waals surface area contributed by atoms with E-state index >= 15 is 0 Å². The molecule has 0 aromatic heterocycles. The van der Waals surface area contributed by atoms with Gasteiger partial charge in [0, 0.05) is 25.1 Å². The maximum absolute atomic E-state index is 12.3. The van der Waals surface area contributed by atoms with Crippen molar-refractivity contribution in [2.75, 3.05) is 32.9 Å². The Balaban J connectivity index is 1.92. The van der Waals surface area contributed by atoms with Gasteiger partial charge in [-0.05, 0) is 39.7 Å². The normalized spacial score (nSPS) is 20.7. The van der Waals surface area contributed by atoms with Crippen LogP contribution >= 0.6 is 0 Å². The minimum absolute atomic E-state index is 0.165. The lowest BCUT2D eigenvalue weighted by molar-refractivity contribution is -0.0226. The largest absolute Gasteiger partial charge is 0.444 e. The van der Waals surface area contributed by atoms with Gasteiger partial charge >= 0.3 is 6.09 Å². The lowest BCUT2D eigenvalue weighted by Crippen LogP contribution is -2.40. The molecular weight excluding hydrogens is 318 g/mol. The van der Waals surface area contributed by atoms with Gasteiger partial charge in [-0.25, -0.2) is 4.79 Å². The molecule has 140 valence electrons. The molecular formula is C20H31NO4. The van der Waals surface area contributed by atoms with Crippen molar-refractivity contribution in [2.24, 2.45) is 5.41 Å². The number of carbonyl (C=O) groups excluding carboxylic acids is 1. The Labute approximate surface area is 151 Å². The summed E-state index contributed by atoms with van der Waals surface area (Å²) < 4.78 is 17.2. The highest BCUT2D eigenvalue weighted by Gasteiger charge is 2.41. The highest BCUT2D eigenvalue weighted by Crippen LogP contribution is 2.32. The predicted octanol–water partition coefficient (Wildman–Crippen LogP) is 3.87. The van der Waals surface area contributed by atoms with Crippen molar-refractivity contribution < 1.29 is 19.0 Å². The zero-order valence-electron chi connectivity index (χ0n) is 15.9. The number of ether oxygens (including phenoxy) is 3. The van der Waals surface area contributed by atoms with Gasteiger partial charge in [-0.15, -0.1) is 0 Å². The third-order valence-corrected chi connectivity index (χ3v) is 4.22. The van der Waals surface area contributed by atoms with E-state index < -0.39 is 5.60 Å². The molecule has 0 unspecified atom stereocenters. The molecule has 25 heavy (non-hydrogen) atoms. The van der Waals surface area contributed by atoms with E-state index in [2.05, 4.69) is 12.1 Å². The van der Waals surface area contributed by atoms with Crippen LogP contribution in [0.2, 0.25) is 0 Å². The van der Waals surface area contributed by atoms with Crippen LogP contribution in [0.3, 0.4) is 0 Å². The summed E-state index contributed by atoms with van der Waals surface area (Å²) in [5.41, 5.74) is 0.504. The van der Waals surface area contributed by atoms with Crippen LogP contribution < -0.4 is 0 Å². The highest BCUT2D eigenvalue weighted by molar-refractivity contribution is 5.68. The maximum Gasteiger partial charge on any atom is 0.410 e. The second-order valence-electron chi connectivity index (χ2n) is 7.77. The lowest BCUT2D eigenvalue weighted by Gasteiger charge is -2.29. The van der Waals surface area contributed by atoms with E-state index in [4.69, 9.17) is 14.2 Å². The van der Waals surface area contributed by atoms with Gasteiger partial charge < -0.3 is 19.1 Å². The van der Waals surface area contributed by atoms with Gasteiger partial charge in [0.05, 0.1) is 19.8 Å². The Morgan fingerprint density at radius 2 is 1.84 bits per heavy atom. The summed E-state index contributed by atoms with van der Waals surface area (Å²) in [6, 6.07) is 10.1. The van der Waals surface area contributed by atoms with Crippen LogP contribution in [0.4, 0.5) is 4.79 Å². The van der Waals surface area contributed by atoms with Crippen molar-refractivity contribution in [1.82, 2.24) is 4.90 Å². The molecule has 1 fully saturated rings. The number of carbonyl (C=O) groups is 1. The van der Waals surface area contributed by atoms with Crippen molar-refractivity contribution in [2.45, 2.75) is 46.3 Å². The summed E-state index contributed by atoms with van der Waals surface area (Å²) in [6.07, 6.45) is 0.607. The third-order valence-electron chi connectivity index (χ3n) is 4.22. The van der Waals surface area contributed by atoms with Crippen molar-refractivity contribution in [3.63, 3.8) is 0 Å². The average molecular weight is 349 g/mol. The molecule has 5 heteroatoms. The van der Waals surface area contributed by atoms with Crippen molar-refractivity contribution in [3.05, 3.63) is 35.9 Å².